The molecular formula is C13H19N3O4. The highest BCUT2D eigenvalue weighted by Gasteiger charge is 2.26. The first kappa shape index (κ1) is 14.4. The van der Waals surface area contributed by atoms with E-state index < -0.39 is 5.97 Å². The van der Waals surface area contributed by atoms with Crippen LogP contribution in [0, 0.1) is 12.8 Å². The van der Waals surface area contributed by atoms with Crippen molar-refractivity contribution < 1.29 is 19.2 Å². The minimum Gasteiger partial charge on any atom is -0.481 e. The molecule has 1 heterocycles. The van der Waals surface area contributed by atoms with Gasteiger partial charge in [-0.05, 0) is 32.6 Å². The van der Waals surface area contributed by atoms with Crippen molar-refractivity contribution in [3.8, 4) is 0 Å². The summed E-state index contributed by atoms with van der Waals surface area (Å²) in [5.41, 5.74) is 0.673. The first-order chi connectivity index (χ1) is 9.54. The fraction of sp³-hybridized carbons (Fsp3) is 0.615. The number of urea groups is 1. The molecule has 1 fully saturated rings. The molecule has 1 saturated carbocycles. The Morgan fingerprint density at radius 2 is 2.10 bits per heavy atom. The summed E-state index contributed by atoms with van der Waals surface area (Å²) < 4.78 is 4.90. The highest BCUT2D eigenvalue weighted by Crippen LogP contribution is 2.24. The van der Waals surface area contributed by atoms with Gasteiger partial charge in [0.2, 0.25) is 0 Å². The van der Waals surface area contributed by atoms with Crippen LogP contribution in [0.2, 0.25) is 0 Å². The van der Waals surface area contributed by atoms with Crippen molar-refractivity contribution in [3.63, 3.8) is 0 Å². The second-order valence-corrected chi connectivity index (χ2v) is 5.14. The van der Waals surface area contributed by atoms with E-state index in [4.69, 9.17) is 9.63 Å². The molecule has 2 amide bonds. The fourth-order valence-corrected chi connectivity index (χ4v) is 2.39. The standard InChI is InChI=1S/C13H19N3O4/c1-8-6-11(16-20-8)7-14-13(19)15-10-4-2-9(3-5-10)12(17)18/h6,9-10H,2-5,7H2,1H3,(H,17,18)(H2,14,15,19). The predicted molar refractivity (Wildman–Crippen MR) is 70.0 cm³/mol. The lowest BCUT2D eigenvalue weighted by molar-refractivity contribution is -0.142. The average Bonchev–Trinajstić information content (AvgIpc) is 2.83. The number of carboxylic acids is 1. The van der Waals surface area contributed by atoms with Gasteiger partial charge in [0.25, 0.3) is 0 Å². The van der Waals surface area contributed by atoms with Crippen molar-refractivity contribution in [1.29, 1.82) is 0 Å². The maximum atomic E-state index is 11.7. The summed E-state index contributed by atoms with van der Waals surface area (Å²) in [6.45, 7) is 2.10. The molecule has 20 heavy (non-hydrogen) atoms. The van der Waals surface area contributed by atoms with Gasteiger partial charge in [-0.15, -0.1) is 0 Å². The summed E-state index contributed by atoms with van der Waals surface area (Å²) in [4.78, 5) is 22.5. The summed E-state index contributed by atoms with van der Waals surface area (Å²) in [6, 6.07) is 1.55. The number of hydrogen-bond acceptors (Lipinski definition) is 4. The van der Waals surface area contributed by atoms with E-state index in [0.29, 0.717) is 43.7 Å². The molecule has 2 rings (SSSR count). The smallest absolute Gasteiger partial charge is 0.315 e. The molecule has 0 unspecified atom stereocenters. The van der Waals surface area contributed by atoms with E-state index in [1.807, 2.05) is 0 Å². The number of carbonyl (C=O) groups is 2. The number of amides is 2. The monoisotopic (exact) mass is 281 g/mol. The molecule has 1 aromatic rings. The van der Waals surface area contributed by atoms with E-state index in [2.05, 4.69) is 15.8 Å². The zero-order chi connectivity index (χ0) is 14.5. The molecule has 1 aliphatic carbocycles. The Labute approximate surface area is 116 Å². The molecule has 1 aliphatic rings. The SMILES string of the molecule is Cc1cc(CNC(=O)NC2CCC(C(=O)O)CC2)no1. The number of nitrogens with zero attached hydrogens (tertiary/aromatic N) is 1. The van der Waals surface area contributed by atoms with Crippen LogP contribution in [0.15, 0.2) is 10.6 Å². The topological polar surface area (TPSA) is 104 Å². The Balaban J connectivity index is 1.69. The molecule has 3 N–H and O–H groups in total. The van der Waals surface area contributed by atoms with E-state index in [-0.39, 0.29) is 18.0 Å². The molecular weight excluding hydrogens is 262 g/mol. The second kappa shape index (κ2) is 6.40. The molecule has 0 aliphatic heterocycles. The number of aliphatic carboxylic acids is 1. The van der Waals surface area contributed by atoms with Gasteiger partial charge in [-0.2, -0.15) is 0 Å². The van der Waals surface area contributed by atoms with E-state index >= 15 is 0 Å². The maximum absolute atomic E-state index is 11.7. The Morgan fingerprint density at radius 1 is 1.40 bits per heavy atom. The van der Waals surface area contributed by atoms with Gasteiger partial charge in [-0.1, -0.05) is 5.16 Å². The maximum Gasteiger partial charge on any atom is 0.315 e. The van der Waals surface area contributed by atoms with Crippen LogP contribution in [0.25, 0.3) is 0 Å². The minimum absolute atomic E-state index is 0.0460. The van der Waals surface area contributed by atoms with Crippen molar-refractivity contribution in [2.45, 2.75) is 45.2 Å². The van der Waals surface area contributed by atoms with Gasteiger partial charge >= 0.3 is 12.0 Å². The highest BCUT2D eigenvalue weighted by molar-refractivity contribution is 5.74. The Hall–Kier alpha value is -2.05. The van der Waals surface area contributed by atoms with E-state index in [1.54, 1.807) is 13.0 Å². The largest absolute Gasteiger partial charge is 0.481 e. The molecule has 7 heteroatoms. The van der Waals surface area contributed by atoms with Gasteiger partial charge in [-0.25, -0.2) is 4.79 Å². The molecule has 0 atom stereocenters. The van der Waals surface area contributed by atoms with Gasteiger partial charge in [-0.3, -0.25) is 4.79 Å². The van der Waals surface area contributed by atoms with Crippen LogP contribution in [0.5, 0.6) is 0 Å². The fourth-order valence-electron chi connectivity index (χ4n) is 2.39. The Kier molecular flexibility index (Phi) is 4.60. The van der Waals surface area contributed by atoms with Gasteiger partial charge in [0.15, 0.2) is 0 Å². The lowest BCUT2D eigenvalue weighted by Gasteiger charge is -2.26. The van der Waals surface area contributed by atoms with Crippen molar-refractivity contribution in [3.05, 3.63) is 17.5 Å². The zero-order valence-electron chi connectivity index (χ0n) is 11.4. The Bertz CT molecular complexity index is 478. The van der Waals surface area contributed by atoms with E-state index in [0.717, 1.165) is 0 Å². The number of aromatic nitrogens is 1. The quantitative estimate of drug-likeness (QED) is 0.774. The lowest BCUT2D eigenvalue weighted by atomic mass is 9.86. The molecule has 0 saturated heterocycles. The van der Waals surface area contributed by atoms with Gasteiger partial charge in [0.1, 0.15) is 11.5 Å². The summed E-state index contributed by atoms with van der Waals surface area (Å²) in [7, 11) is 0. The van der Waals surface area contributed by atoms with Crippen molar-refractivity contribution >= 4 is 12.0 Å². The summed E-state index contributed by atoms with van der Waals surface area (Å²) >= 11 is 0. The van der Waals surface area contributed by atoms with Crippen LogP contribution in [-0.4, -0.2) is 28.3 Å². The highest BCUT2D eigenvalue weighted by atomic mass is 16.5. The molecule has 0 aromatic carbocycles. The van der Waals surface area contributed by atoms with E-state index in [9.17, 15) is 9.59 Å². The molecule has 7 nitrogen and oxygen atoms in total. The number of aryl methyl sites for hydroxylation is 1. The van der Waals surface area contributed by atoms with Crippen LogP contribution in [0.3, 0.4) is 0 Å². The summed E-state index contributed by atoms with van der Waals surface area (Å²) in [5.74, 6) is -0.308. The number of carbonyl (C=O) groups excluding carboxylic acids is 1. The average molecular weight is 281 g/mol. The predicted octanol–water partition coefficient (Wildman–Crippen LogP) is 1.43. The van der Waals surface area contributed by atoms with Crippen molar-refractivity contribution in [2.75, 3.05) is 0 Å². The number of hydrogen-bond donors (Lipinski definition) is 3. The van der Waals surface area contributed by atoms with Gasteiger partial charge < -0.3 is 20.3 Å². The zero-order valence-corrected chi connectivity index (χ0v) is 11.4. The third-order valence-electron chi connectivity index (χ3n) is 3.52. The van der Waals surface area contributed by atoms with Crippen LogP contribution in [-0.2, 0) is 11.3 Å². The van der Waals surface area contributed by atoms with Crippen LogP contribution in [0.4, 0.5) is 4.79 Å². The third kappa shape index (κ3) is 3.97. The molecule has 0 radical (unpaired) electrons. The third-order valence-corrected chi connectivity index (χ3v) is 3.52. The molecule has 0 spiro atoms. The van der Waals surface area contributed by atoms with E-state index in [1.165, 1.54) is 0 Å². The molecule has 1 aromatic heterocycles. The van der Waals surface area contributed by atoms with Crippen LogP contribution >= 0.6 is 0 Å². The normalized spacial score (nSPS) is 22.2. The Morgan fingerprint density at radius 3 is 2.65 bits per heavy atom. The molecule has 0 bridgehead atoms. The van der Waals surface area contributed by atoms with Crippen LogP contribution < -0.4 is 10.6 Å². The summed E-state index contributed by atoms with van der Waals surface area (Å²) in [6.07, 6.45) is 2.63. The number of carboxylic acid groups (broad SMARTS) is 1. The number of nitrogens with one attached hydrogen (secondary N) is 2. The first-order valence-electron chi connectivity index (χ1n) is 6.74. The lowest BCUT2D eigenvalue weighted by Crippen LogP contribution is -2.43. The molecule has 110 valence electrons. The second-order valence-electron chi connectivity index (χ2n) is 5.14. The first-order valence-corrected chi connectivity index (χ1v) is 6.74. The number of rotatable bonds is 4. The summed E-state index contributed by atoms with van der Waals surface area (Å²) in [5, 5.41) is 18.2. The van der Waals surface area contributed by atoms with Crippen molar-refractivity contribution in [1.82, 2.24) is 15.8 Å². The van der Waals surface area contributed by atoms with Crippen molar-refractivity contribution in [2.24, 2.45) is 5.92 Å². The van der Waals surface area contributed by atoms with Gasteiger partial charge in [0, 0.05) is 12.1 Å². The van der Waals surface area contributed by atoms with Gasteiger partial charge in [0.05, 0.1) is 12.5 Å². The van der Waals surface area contributed by atoms with Crippen LogP contribution in [0.1, 0.15) is 37.1 Å². The minimum atomic E-state index is -0.741.